The summed E-state index contributed by atoms with van der Waals surface area (Å²) in [6.45, 7) is 0. The molecule has 0 unspecified atom stereocenters. The van der Waals surface area contributed by atoms with E-state index in [1.54, 1.807) is 0 Å². The van der Waals surface area contributed by atoms with Crippen LogP contribution in [-0.2, 0) is 17.1 Å². The third kappa shape index (κ3) is 41.3. The van der Waals surface area contributed by atoms with Crippen LogP contribution in [-0.4, -0.2) is 9.79 Å². The zero-order valence-electron chi connectivity index (χ0n) is 4.07. The van der Waals surface area contributed by atoms with Gasteiger partial charge in [-0.3, -0.25) is 0 Å². The van der Waals surface area contributed by atoms with Crippen LogP contribution in [0.3, 0.4) is 0 Å². The molecule has 0 atom stereocenters. The topological polar surface area (TPSA) is 40.5 Å². The average Bonchev–Trinajstić information content (AvgIpc) is 0.811. The molecule has 0 aliphatic carbocycles. The molecule has 0 bridgehead atoms. The summed E-state index contributed by atoms with van der Waals surface area (Å²) in [6, 6.07) is 0. The molecule has 0 saturated carbocycles. The van der Waals surface area contributed by atoms with Gasteiger partial charge in [0, 0.05) is 17.1 Å². The van der Waals surface area contributed by atoms with Gasteiger partial charge in [0.1, 0.15) is 0 Å². The molecule has 0 spiro atoms. The first-order chi connectivity index (χ1) is 1.73. The number of rotatable bonds is 0. The van der Waals surface area contributed by atoms with Crippen molar-refractivity contribution in [2.75, 3.05) is 0 Å². The fourth-order valence-electron chi connectivity index (χ4n) is 0. The minimum Gasteiger partial charge on any atom is -1.00 e. The van der Waals surface area contributed by atoms with Crippen molar-refractivity contribution in [3.05, 3.63) is 0 Å². The average molecular weight is 164 g/mol. The summed E-state index contributed by atoms with van der Waals surface area (Å²) < 4.78 is 10.2. The van der Waals surface area contributed by atoms with E-state index in [0.717, 1.165) is 0 Å². The Morgan fingerprint density at radius 2 is 1.50 bits per heavy atom. The van der Waals surface area contributed by atoms with Gasteiger partial charge in [0.25, 0.3) is 0 Å². The van der Waals surface area contributed by atoms with E-state index in [2.05, 4.69) is 0 Å². The maximum absolute atomic E-state index is 10.2. The second kappa shape index (κ2) is 9.93. The van der Waals surface area contributed by atoms with Gasteiger partial charge in [0.15, 0.2) is 0 Å². The van der Waals surface area contributed by atoms with Crippen LogP contribution in [0.1, 0.15) is 1.43 Å². The maximum atomic E-state index is 10.2. The van der Waals surface area contributed by atoms with E-state index in [4.69, 9.17) is 9.79 Å². The van der Waals surface area contributed by atoms with Crippen LogP contribution in [0.2, 0.25) is 0 Å². The van der Waals surface area contributed by atoms with Crippen molar-refractivity contribution in [1.29, 1.82) is 0 Å². The predicted octanol–water partition coefficient (Wildman–Crippen LogP) is -2.72. The van der Waals surface area contributed by atoms with Crippen LogP contribution in [0.5, 0.6) is 0 Å². The number of halogens is 1. The quantitative estimate of drug-likeness (QED) is 0.301. The van der Waals surface area contributed by atoms with E-state index in [1.807, 2.05) is 0 Å². The molecule has 0 amide bonds. The van der Waals surface area contributed by atoms with Crippen molar-refractivity contribution in [2.45, 2.75) is 0 Å². The van der Waals surface area contributed by atoms with Crippen molar-refractivity contribution < 1.29 is 62.0 Å². The molecular formula is H3FFeNaO2P. The Hall–Kier alpha value is 1.80. The third-order valence-corrected chi connectivity index (χ3v) is 0. The molecule has 0 radical (unpaired) electrons. The third-order valence-electron chi connectivity index (χ3n) is 0. The molecule has 6 heteroatoms. The van der Waals surface area contributed by atoms with Gasteiger partial charge in [-0.2, -0.15) is 4.20 Å². The van der Waals surface area contributed by atoms with Gasteiger partial charge in [0.2, 0.25) is 0 Å². The van der Waals surface area contributed by atoms with Crippen LogP contribution >= 0.6 is 8.69 Å². The molecule has 0 aliphatic rings. The predicted molar refractivity (Wildman–Crippen MR) is 13.6 cm³/mol. The maximum Gasteiger partial charge on any atom is 1.00 e. The molecule has 0 aromatic rings. The standard InChI is InChI=1S/FH2O2P.Fe.Na.H/c1-4(2)3;;;/h2-3H;;;/q;;+1;-1. The SMILES string of the molecule is OP(O)F.[Fe].[H-].[Na+]. The number of hydrogen-bond acceptors (Lipinski definition) is 2. The fraction of sp³-hybridized carbons (Fsp3) is 0. The van der Waals surface area contributed by atoms with Crippen molar-refractivity contribution in [2.24, 2.45) is 0 Å². The summed E-state index contributed by atoms with van der Waals surface area (Å²) in [5, 5.41) is 0. The van der Waals surface area contributed by atoms with Gasteiger partial charge in [0.05, 0.1) is 0 Å². The molecule has 2 nitrogen and oxygen atoms in total. The summed E-state index contributed by atoms with van der Waals surface area (Å²) in [5.74, 6) is 0. The Morgan fingerprint density at radius 1 is 1.50 bits per heavy atom. The van der Waals surface area contributed by atoms with Crippen LogP contribution in [0.25, 0.3) is 0 Å². The summed E-state index contributed by atoms with van der Waals surface area (Å²) in [5.41, 5.74) is 0. The van der Waals surface area contributed by atoms with Gasteiger partial charge in [-0.15, -0.1) is 0 Å². The van der Waals surface area contributed by atoms with Crippen LogP contribution in [0.4, 0.5) is 4.20 Å². The first kappa shape index (κ1) is 15.7. The Balaban J connectivity index is -0.0000000150. The first-order valence-electron chi connectivity index (χ1n) is 0.569. The van der Waals surface area contributed by atoms with Crippen molar-refractivity contribution in [1.82, 2.24) is 0 Å². The second-order valence-electron chi connectivity index (χ2n) is 0.241. The van der Waals surface area contributed by atoms with Gasteiger partial charge < -0.3 is 11.2 Å². The Kier molecular flexibility index (Phi) is 25.9. The van der Waals surface area contributed by atoms with Crippen LogP contribution in [0.15, 0.2) is 0 Å². The normalized spacial score (nSPS) is 6.00. The van der Waals surface area contributed by atoms with E-state index in [9.17, 15) is 4.20 Å². The van der Waals surface area contributed by atoms with E-state index in [1.165, 1.54) is 0 Å². The molecule has 2 N–H and O–H groups in total. The second-order valence-corrected chi connectivity index (χ2v) is 0.722. The molecule has 0 heterocycles. The van der Waals surface area contributed by atoms with E-state index in [-0.39, 0.29) is 48.1 Å². The molecule has 0 aliphatic heterocycles. The van der Waals surface area contributed by atoms with Crippen molar-refractivity contribution >= 4 is 8.69 Å². The Morgan fingerprint density at radius 3 is 1.50 bits per heavy atom. The molecule has 6 heavy (non-hydrogen) atoms. The minimum absolute atomic E-state index is 0. The van der Waals surface area contributed by atoms with Crippen molar-refractivity contribution in [3.63, 3.8) is 0 Å². The van der Waals surface area contributed by atoms with Gasteiger partial charge in [-0.25, -0.2) is 0 Å². The van der Waals surface area contributed by atoms with Crippen molar-refractivity contribution in [3.8, 4) is 0 Å². The zero-order valence-corrected chi connectivity index (χ0v) is 7.07. The molecule has 0 saturated heterocycles. The zero-order chi connectivity index (χ0) is 3.58. The Labute approximate surface area is 70.4 Å². The molecule has 0 aromatic carbocycles. The van der Waals surface area contributed by atoms with Crippen LogP contribution in [0, 0.1) is 0 Å². The minimum atomic E-state index is -3.12. The summed E-state index contributed by atoms with van der Waals surface area (Å²) in [7, 11) is -3.12. The molecule has 0 rings (SSSR count). The first-order valence-corrected chi connectivity index (χ1v) is 1.71. The summed E-state index contributed by atoms with van der Waals surface area (Å²) in [6.07, 6.45) is 0. The molecule has 0 fully saturated rings. The van der Waals surface area contributed by atoms with E-state index < -0.39 is 8.69 Å². The number of hydrogen-bond donors (Lipinski definition) is 2. The largest absolute Gasteiger partial charge is 1.00 e. The van der Waals surface area contributed by atoms with Crippen LogP contribution < -0.4 is 29.6 Å². The van der Waals surface area contributed by atoms with E-state index >= 15 is 0 Å². The monoisotopic (exact) mass is 164 g/mol. The fourth-order valence-corrected chi connectivity index (χ4v) is 0. The molecule has 36 valence electrons. The molecule has 0 aromatic heterocycles. The summed E-state index contributed by atoms with van der Waals surface area (Å²) in [4.78, 5) is 14.0. The summed E-state index contributed by atoms with van der Waals surface area (Å²) >= 11 is 0. The Bertz CT molecular complexity index is 22.4. The smallest absolute Gasteiger partial charge is 1.00 e. The van der Waals surface area contributed by atoms with Gasteiger partial charge in [-0.05, 0) is 0 Å². The molecular weight excluding hydrogens is 161 g/mol. The van der Waals surface area contributed by atoms with Gasteiger partial charge >= 0.3 is 38.2 Å². The van der Waals surface area contributed by atoms with Gasteiger partial charge in [-0.1, -0.05) is 0 Å². The van der Waals surface area contributed by atoms with E-state index in [0.29, 0.717) is 0 Å².